The lowest BCUT2D eigenvalue weighted by Gasteiger charge is -2.08. The van der Waals surface area contributed by atoms with Gasteiger partial charge in [-0.15, -0.1) is 0 Å². The lowest BCUT2D eigenvalue weighted by atomic mass is 10.1. The average molecular weight is 285 g/mol. The molecule has 0 spiro atoms. The number of carboxylic acid groups (broad SMARTS) is 1. The molecule has 0 amide bonds. The van der Waals surface area contributed by atoms with Crippen LogP contribution in [0.25, 0.3) is 0 Å². The van der Waals surface area contributed by atoms with Crippen molar-refractivity contribution in [3.05, 3.63) is 65.2 Å². The number of rotatable bonds is 7. The topological polar surface area (TPSA) is 58.6 Å². The Balaban J connectivity index is 1.67. The highest BCUT2D eigenvalue weighted by atomic mass is 16.5. The second-order valence-electron chi connectivity index (χ2n) is 4.84. The predicted molar refractivity (Wildman–Crippen MR) is 81.8 cm³/mol. The highest BCUT2D eigenvalue weighted by Crippen LogP contribution is 2.11. The van der Waals surface area contributed by atoms with Gasteiger partial charge in [-0.2, -0.15) is 0 Å². The van der Waals surface area contributed by atoms with Gasteiger partial charge in [0.25, 0.3) is 0 Å². The quantitative estimate of drug-likeness (QED) is 0.768. The van der Waals surface area contributed by atoms with Gasteiger partial charge in [-0.1, -0.05) is 29.8 Å². The first-order chi connectivity index (χ1) is 10.1. The SMILES string of the molecule is Cc1ccc(CNCCOc2ccc(C(=O)O)cc2)cc1. The third-order valence-electron chi connectivity index (χ3n) is 3.10. The molecule has 0 aliphatic heterocycles. The number of carboxylic acids is 1. The molecular weight excluding hydrogens is 266 g/mol. The van der Waals surface area contributed by atoms with Crippen LogP contribution in [0, 0.1) is 6.92 Å². The van der Waals surface area contributed by atoms with Gasteiger partial charge in [-0.05, 0) is 36.8 Å². The molecule has 0 aliphatic carbocycles. The zero-order valence-corrected chi connectivity index (χ0v) is 12.0. The maximum absolute atomic E-state index is 10.7. The van der Waals surface area contributed by atoms with E-state index >= 15 is 0 Å². The smallest absolute Gasteiger partial charge is 0.335 e. The average Bonchev–Trinajstić information content (AvgIpc) is 2.49. The number of ether oxygens (including phenoxy) is 1. The number of aryl methyl sites for hydroxylation is 1. The number of benzene rings is 2. The van der Waals surface area contributed by atoms with Crippen molar-refractivity contribution >= 4 is 5.97 Å². The molecule has 110 valence electrons. The molecule has 2 aromatic carbocycles. The van der Waals surface area contributed by atoms with Gasteiger partial charge in [0.1, 0.15) is 12.4 Å². The van der Waals surface area contributed by atoms with E-state index in [2.05, 4.69) is 36.5 Å². The Labute approximate surface area is 124 Å². The van der Waals surface area contributed by atoms with E-state index in [1.54, 1.807) is 12.1 Å². The second kappa shape index (κ2) is 7.45. The molecule has 0 unspecified atom stereocenters. The summed E-state index contributed by atoms with van der Waals surface area (Å²) in [4.78, 5) is 10.7. The van der Waals surface area contributed by atoms with Crippen LogP contribution in [-0.2, 0) is 6.54 Å². The molecule has 4 nitrogen and oxygen atoms in total. The minimum atomic E-state index is -0.929. The molecule has 2 aromatic rings. The Kier molecular flexibility index (Phi) is 5.35. The van der Waals surface area contributed by atoms with Crippen molar-refractivity contribution in [2.45, 2.75) is 13.5 Å². The van der Waals surface area contributed by atoms with Crippen LogP contribution in [0.5, 0.6) is 5.75 Å². The number of hydrogen-bond donors (Lipinski definition) is 2. The van der Waals surface area contributed by atoms with Gasteiger partial charge >= 0.3 is 5.97 Å². The first kappa shape index (κ1) is 15.1. The van der Waals surface area contributed by atoms with Crippen LogP contribution in [0.4, 0.5) is 0 Å². The zero-order valence-electron chi connectivity index (χ0n) is 12.0. The Bertz CT molecular complexity index is 576. The molecule has 0 radical (unpaired) electrons. The molecule has 0 atom stereocenters. The lowest BCUT2D eigenvalue weighted by Crippen LogP contribution is -2.20. The van der Waals surface area contributed by atoms with E-state index in [9.17, 15) is 4.79 Å². The van der Waals surface area contributed by atoms with E-state index in [1.165, 1.54) is 23.3 Å². The van der Waals surface area contributed by atoms with Crippen molar-refractivity contribution < 1.29 is 14.6 Å². The summed E-state index contributed by atoms with van der Waals surface area (Å²) in [5.74, 6) is -0.251. The standard InChI is InChI=1S/C17H19NO3/c1-13-2-4-14(5-3-13)12-18-10-11-21-16-8-6-15(7-9-16)17(19)20/h2-9,18H,10-12H2,1H3,(H,19,20). The van der Waals surface area contributed by atoms with Crippen LogP contribution >= 0.6 is 0 Å². The fraction of sp³-hybridized carbons (Fsp3) is 0.235. The molecule has 0 aromatic heterocycles. The van der Waals surface area contributed by atoms with E-state index < -0.39 is 5.97 Å². The summed E-state index contributed by atoms with van der Waals surface area (Å²) >= 11 is 0. The van der Waals surface area contributed by atoms with Crippen molar-refractivity contribution in [3.8, 4) is 5.75 Å². The molecular formula is C17H19NO3. The predicted octanol–water partition coefficient (Wildman–Crippen LogP) is 2.86. The summed E-state index contributed by atoms with van der Waals surface area (Å²) in [6, 6.07) is 14.8. The first-order valence-corrected chi connectivity index (χ1v) is 6.87. The first-order valence-electron chi connectivity index (χ1n) is 6.87. The molecule has 0 saturated carbocycles. The summed E-state index contributed by atoms with van der Waals surface area (Å²) in [7, 11) is 0. The molecule has 0 bridgehead atoms. The number of aromatic carboxylic acids is 1. The molecule has 2 rings (SSSR count). The molecule has 0 aliphatic rings. The highest BCUT2D eigenvalue weighted by molar-refractivity contribution is 5.87. The molecule has 0 heterocycles. The maximum atomic E-state index is 10.7. The van der Waals surface area contributed by atoms with Crippen molar-refractivity contribution in [1.82, 2.24) is 5.32 Å². The van der Waals surface area contributed by atoms with E-state index in [1.807, 2.05) is 0 Å². The largest absolute Gasteiger partial charge is 0.492 e. The molecule has 0 saturated heterocycles. The zero-order chi connectivity index (χ0) is 15.1. The van der Waals surface area contributed by atoms with Gasteiger partial charge in [0, 0.05) is 13.1 Å². The second-order valence-corrected chi connectivity index (χ2v) is 4.84. The van der Waals surface area contributed by atoms with Gasteiger partial charge in [0.2, 0.25) is 0 Å². The number of carbonyl (C=O) groups is 1. The Morgan fingerprint density at radius 1 is 1.10 bits per heavy atom. The van der Waals surface area contributed by atoms with Crippen LogP contribution in [0.2, 0.25) is 0 Å². The summed E-state index contributed by atoms with van der Waals surface area (Å²) < 4.78 is 5.54. The molecule has 21 heavy (non-hydrogen) atoms. The van der Waals surface area contributed by atoms with Crippen LogP contribution in [0.3, 0.4) is 0 Å². The Hall–Kier alpha value is -2.33. The van der Waals surface area contributed by atoms with Crippen LogP contribution in [0.1, 0.15) is 21.5 Å². The van der Waals surface area contributed by atoms with E-state index in [4.69, 9.17) is 9.84 Å². The molecule has 4 heteroatoms. The Morgan fingerprint density at radius 2 is 1.76 bits per heavy atom. The van der Waals surface area contributed by atoms with Crippen molar-refractivity contribution in [2.75, 3.05) is 13.2 Å². The number of hydrogen-bond acceptors (Lipinski definition) is 3. The van der Waals surface area contributed by atoms with Crippen LogP contribution in [0.15, 0.2) is 48.5 Å². The van der Waals surface area contributed by atoms with Gasteiger partial charge in [0.05, 0.1) is 5.56 Å². The minimum Gasteiger partial charge on any atom is -0.492 e. The third kappa shape index (κ3) is 4.93. The van der Waals surface area contributed by atoms with Crippen LogP contribution < -0.4 is 10.1 Å². The van der Waals surface area contributed by atoms with E-state index in [-0.39, 0.29) is 5.56 Å². The van der Waals surface area contributed by atoms with Crippen molar-refractivity contribution in [2.24, 2.45) is 0 Å². The van der Waals surface area contributed by atoms with Gasteiger partial charge in [-0.25, -0.2) is 4.79 Å². The fourth-order valence-corrected chi connectivity index (χ4v) is 1.87. The highest BCUT2D eigenvalue weighted by Gasteiger charge is 2.01. The molecule has 2 N–H and O–H groups in total. The fourth-order valence-electron chi connectivity index (χ4n) is 1.87. The molecule has 0 fully saturated rings. The van der Waals surface area contributed by atoms with Crippen molar-refractivity contribution in [1.29, 1.82) is 0 Å². The van der Waals surface area contributed by atoms with Gasteiger partial charge in [-0.3, -0.25) is 0 Å². The van der Waals surface area contributed by atoms with Crippen molar-refractivity contribution in [3.63, 3.8) is 0 Å². The maximum Gasteiger partial charge on any atom is 0.335 e. The van der Waals surface area contributed by atoms with Crippen LogP contribution in [-0.4, -0.2) is 24.2 Å². The number of nitrogens with one attached hydrogen (secondary N) is 1. The summed E-state index contributed by atoms with van der Waals surface area (Å²) in [6.07, 6.45) is 0. The van der Waals surface area contributed by atoms with Gasteiger partial charge < -0.3 is 15.2 Å². The monoisotopic (exact) mass is 285 g/mol. The normalized spacial score (nSPS) is 10.3. The third-order valence-corrected chi connectivity index (χ3v) is 3.10. The van der Waals surface area contributed by atoms with Gasteiger partial charge in [0.15, 0.2) is 0 Å². The van der Waals surface area contributed by atoms with E-state index in [0.29, 0.717) is 12.4 Å². The minimum absolute atomic E-state index is 0.264. The lowest BCUT2D eigenvalue weighted by molar-refractivity contribution is 0.0697. The Morgan fingerprint density at radius 3 is 2.38 bits per heavy atom. The van der Waals surface area contributed by atoms with E-state index in [0.717, 1.165) is 13.1 Å². The summed E-state index contributed by atoms with van der Waals surface area (Å²) in [5, 5.41) is 12.1. The summed E-state index contributed by atoms with van der Waals surface area (Å²) in [5.41, 5.74) is 2.76. The summed E-state index contributed by atoms with van der Waals surface area (Å²) in [6.45, 7) is 4.15.